The van der Waals surface area contributed by atoms with Gasteiger partial charge in [0.15, 0.2) is 0 Å². The highest BCUT2D eigenvalue weighted by atomic mass is 16.6. The normalized spacial score (nSPS) is 10.7. The molecule has 0 aliphatic carbocycles. The number of nitrogens with zero attached hydrogens (tertiary/aromatic N) is 1. The van der Waals surface area contributed by atoms with Crippen LogP contribution in [0.4, 0.5) is 5.69 Å². The maximum absolute atomic E-state index is 11.5. The summed E-state index contributed by atoms with van der Waals surface area (Å²) in [6, 6.07) is 11.9. The molecule has 1 heterocycles. The summed E-state index contributed by atoms with van der Waals surface area (Å²) in [5.74, 6) is 0. The molecule has 0 atom stereocenters. The Morgan fingerprint density at radius 3 is 2.47 bits per heavy atom. The van der Waals surface area contributed by atoms with Gasteiger partial charge < -0.3 is 0 Å². The van der Waals surface area contributed by atoms with Crippen LogP contribution in [0.3, 0.4) is 0 Å². The van der Waals surface area contributed by atoms with Gasteiger partial charge in [0, 0.05) is 6.07 Å². The second-order valence-corrected chi connectivity index (χ2v) is 4.12. The van der Waals surface area contributed by atoms with Crippen molar-refractivity contribution in [1.29, 1.82) is 0 Å². The van der Waals surface area contributed by atoms with Crippen molar-refractivity contribution in [3.05, 3.63) is 62.9 Å². The molecule has 0 fully saturated rings. The fourth-order valence-corrected chi connectivity index (χ4v) is 2.07. The molecule has 0 saturated heterocycles. The monoisotopic (exact) mass is 255 g/mol. The maximum atomic E-state index is 11.5. The maximum Gasteiger partial charge on any atom is 0.278 e. The number of aromatic amines is 2. The minimum absolute atomic E-state index is 0.0798. The van der Waals surface area contributed by atoms with E-state index in [1.54, 1.807) is 18.2 Å². The fraction of sp³-hybridized carbons (Fsp3) is 0. The van der Waals surface area contributed by atoms with Gasteiger partial charge >= 0.3 is 0 Å². The van der Waals surface area contributed by atoms with Crippen LogP contribution < -0.4 is 5.56 Å². The lowest BCUT2D eigenvalue weighted by Gasteiger charge is -2.03. The lowest BCUT2D eigenvalue weighted by Crippen LogP contribution is -1.99. The molecular formula is C13H9N3O3. The van der Waals surface area contributed by atoms with E-state index < -0.39 is 4.92 Å². The summed E-state index contributed by atoms with van der Waals surface area (Å²) in [5, 5.41) is 16.6. The topological polar surface area (TPSA) is 91.8 Å². The minimum atomic E-state index is -0.478. The van der Waals surface area contributed by atoms with E-state index >= 15 is 0 Å². The van der Waals surface area contributed by atoms with Crippen LogP contribution in [0.25, 0.3) is 22.0 Å². The quantitative estimate of drug-likeness (QED) is 0.544. The van der Waals surface area contributed by atoms with E-state index in [9.17, 15) is 14.9 Å². The summed E-state index contributed by atoms with van der Waals surface area (Å²) in [5.41, 5.74) is 1.32. The molecule has 0 aliphatic rings. The summed E-state index contributed by atoms with van der Waals surface area (Å²) in [4.78, 5) is 22.2. The standard InChI is InChI=1S/C13H9N3O3/c17-13-10-7-12(16(18)19)9(6-11(10)14-15-13)8-4-2-1-3-5-8/h1-7H,(H2,14,15,17). The molecule has 0 radical (unpaired) electrons. The molecule has 3 aromatic rings. The van der Waals surface area contributed by atoms with Crippen LogP contribution in [0.1, 0.15) is 0 Å². The molecule has 2 aromatic carbocycles. The molecule has 94 valence electrons. The number of nitro groups is 1. The first-order valence-electron chi connectivity index (χ1n) is 5.61. The highest BCUT2D eigenvalue weighted by Gasteiger charge is 2.18. The first-order chi connectivity index (χ1) is 9.16. The Balaban J connectivity index is 2.37. The van der Waals surface area contributed by atoms with Crippen molar-refractivity contribution >= 4 is 16.6 Å². The van der Waals surface area contributed by atoms with Crippen LogP contribution in [0.5, 0.6) is 0 Å². The molecule has 0 amide bonds. The number of H-pyrrole nitrogens is 2. The van der Waals surface area contributed by atoms with Crippen LogP contribution in [-0.2, 0) is 0 Å². The van der Waals surface area contributed by atoms with Gasteiger partial charge in [-0.25, -0.2) is 0 Å². The Bertz CT molecular complexity index is 818. The average molecular weight is 255 g/mol. The zero-order chi connectivity index (χ0) is 13.4. The highest BCUT2D eigenvalue weighted by Crippen LogP contribution is 2.32. The van der Waals surface area contributed by atoms with Crippen molar-refractivity contribution in [3.63, 3.8) is 0 Å². The molecule has 0 aliphatic heterocycles. The van der Waals surface area contributed by atoms with Gasteiger partial charge in [-0.2, -0.15) is 0 Å². The van der Waals surface area contributed by atoms with E-state index in [0.29, 0.717) is 11.1 Å². The Labute approximate surface area is 106 Å². The molecule has 0 bridgehead atoms. The number of nitrogens with one attached hydrogen (secondary N) is 2. The van der Waals surface area contributed by atoms with Crippen molar-refractivity contribution in [2.75, 3.05) is 0 Å². The zero-order valence-corrected chi connectivity index (χ0v) is 9.71. The van der Waals surface area contributed by atoms with E-state index in [1.165, 1.54) is 6.07 Å². The molecule has 0 unspecified atom stereocenters. The molecule has 0 saturated carbocycles. The van der Waals surface area contributed by atoms with Gasteiger partial charge in [-0.05, 0) is 11.6 Å². The third-order valence-electron chi connectivity index (χ3n) is 2.97. The number of fused-ring (bicyclic) bond motifs is 1. The smallest absolute Gasteiger partial charge is 0.278 e. The van der Waals surface area contributed by atoms with Crippen molar-refractivity contribution < 1.29 is 4.92 Å². The Hall–Kier alpha value is -2.89. The van der Waals surface area contributed by atoms with Gasteiger partial charge in [-0.1, -0.05) is 30.3 Å². The van der Waals surface area contributed by atoms with E-state index in [0.717, 1.165) is 5.56 Å². The van der Waals surface area contributed by atoms with Gasteiger partial charge in [0.05, 0.1) is 21.4 Å². The first kappa shape index (κ1) is 11.2. The number of benzene rings is 2. The van der Waals surface area contributed by atoms with Gasteiger partial charge in [0.1, 0.15) is 0 Å². The van der Waals surface area contributed by atoms with E-state index in [-0.39, 0.29) is 16.6 Å². The average Bonchev–Trinajstić information content (AvgIpc) is 2.79. The second kappa shape index (κ2) is 4.09. The summed E-state index contributed by atoms with van der Waals surface area (Å²) < 4.78 is 0. The lowest BCUT2D eigenvalue weighted by molar-refractivity contribution is -0.384. The highest BCUT2D eigenvalue weighted by molar-refractivity contribution is 5.89. The molecule has 2 N–H and O–H groups in total. The van der Waals surface area contributed by atoms with Crippen LogP contribution in [0.15, 0.2) is 47.3 Å². The Morgan fingerprint density at radius 1 is 1.05 bits per heavy atom. The number of nitro benzene ring substituents is 1. The molecule has 6 heteroatoms. The zero-order valence-electron chi connectivity index (χ0n) is 9.71. The summed E-state index contributed by atoms with van der Waals surface area (Å²) in [7, 11) is 0. The third kappa shape index (κ3) is 1.79. The van der Waals surface area contributed by atoms with Gasteiger partial charge in [-0.3, -0.25) is 25.1 Å². The van der Waals surface area contributed by atoms with Crippen molar-refractivity contribution in [2.24, 2.45) is 0 Å². The summed E-state index contributed by atoms with van der Waals surface area (Å²) in [6.07, 6.45) is 0. The number of rotatable bonds is 2. The Kier molecular flexibility index (Phi) is 2.42. The lowest BCUT2D eigenvalue weighted by atomic mass is 10.0. The number of aromatic nitrogens is 2. The van der Waals surface area contributed by atoms with Crippen LogP contribution in [0, 0.1) is 10.1 Å². The fourth-order valence-electron chi connectivity index (χ4n) is 2.07. The van der Waals surface area contributed by atoms with Crippen LogP contribution in [-0.4, -0.2) is 15.1 Å². The molecule has 0 spiro atoms. The van der Waals surface area contributed by atoms with E-state index in [2.05, 4.69) is 10.2 Å². The van der Waals surface area contributed by atoms with Crippen LogP contribution >= 0.6 is 0 Å². The van der Waals surface area contributed by atoms with E-state index in [1.807, 2.05) is 18.2 Å². The minimum Gasteiger partial charge on any atom is -0.297 e. The summed E-state index contributed by atoms with van der Waals surface area (Å²) >= 11 is 0. The predicted octanol–water partition coefficient (Wildman–Crippen LogP) is 2.43. The Morgan fingerprint density at radius 2 is 1.79 bits per heavy atom. The predicted molar refractivity (Wildman–Crippen MR) is 71.0 cm³/mol. The molecular weight excluding hydrogens is 246 g/mol. The van der Waals surface area contributed by atoms with Gasteiger partial charge in [-0.15, -0.1) is 0 Å². The van der Waals surface area contributed by atoms with Gasteiger partial charge in [0.2, 0.25) is 0 Å². The largest absolute Gasteiger partial charge is 0.297 e. The van der Waals surface area contributed by atoms with Crippen LogP contribution in [0.2, 0.25) is 0 Å². The number of hydrogen-bond donors (Lipinski definition) is 2. The SMILES string of the molecule is O=c1[nH][nH]c2cc(-c3ccccc3)c([N+](=O)[O-])cc12. The van der Waals surface area contributed by atoms with E-state index in [4.69, 9.17) is 0 Å². The second-order valence-electron chi connectivity index (χ2n) is 4.12. The summed E-state index contributed by atoms with van der Waals surface area (Å²) in [6.45, 7) is 0. The van der Waals surface area contributed by atoms with Crippen molar-refractivity contribution in [1.82, 2.24) is 10.2 Å². The molecule has 1 aromatic heterocycles. The molecule has 6 nitrogen and oxygen atoms in total. The van der Waals surface area contributed by atoms with Crippen molar-refractivity contribution in [3.8, 4) is 11.1 Å². The third-order valence-corrected chi connectivity index (χ3v) is 2.97. The van der Waals surface area contributed by atoms with Crippen molar-refractivity contribution in [2.45, 2.75) is 0 Å². The first-order valence-corrected chi connectivity index (χ1v) is 5.61. The molecule has 19 heavy (non-hydrogen) atoms. The number of hydrogen-bond acceptors (Lipinski definition) is 3. The molecule has 3 rings (SSSR count). The van der Waals surface area contributed by atoms with Gasteiger partial charge in [0.25, 0.3) is 11.2 Å².